The molecule has 21 heavy (non-hydrogen) atoms. The highest BCUT2D eigenvalue weighted by Crippen LogP contribution is 2.27. The lowest BCUT2D eigenvalue weighted by Crippen LogP contribution is -2.22. The van der Waals surface area contributed by atoms with Crippen molar-refractivity contribution < 1.29 is 5.21 Å². The Kier molecular flexibility index (Phi) is 12.1. The normalized spacial score (nSPS) is 21.0. The number of oxime groups is 1. The molecule has 0 saturated heterocycles. The lowest BCUT2D eigenvalue weighted by molar-refractivity contribution is 0.314. The van der Waals surface area contributed by atoms with Crippen molar-refractivity contribution in [2.75, 3.05) is 5.75 Å². The quantitative estimate of drug-likeness (QED) is 0.256. The van der Waals surface area contributed by atoms with Gasteiger partial charge in [0.25, 0.3) is 0 Å². The van der Waals surface area contributed by atoms with Crippen LogP contribution in [0.4, 0.5) is 0 Å². The van der Waals surface area contributed by atoms with Crippen LogP contribution in [-0.4, -0.2) is 21.9 Å². The summed E-state index contributed by atoms with van der Waals surface area (Å²) in [5.74, 6) is 1.24. The van der Waals surface area contributed by atoms with Crippen LogP contribution in [0.2, 0.25) is 0 Å². The number of thioether (sulfide) groups is 1. The lowest BCUT2D eigenvalue weighted by atomic mass is 9.98. The topological polar surface area (TPSA) is 32.6 Å². The third kappa shape index (κ3) is 9.44. The van der Waals surface area contributed by atoms with Crippen LogP contribution in [0.1, 0.15) is 96.8 Å². The van der Waals surface area contributed by atoms with Gasteiger partial charge < -0.3 is 5.21 Å². The summed E-state index contributed by atoms with van der Waals surface area (Å²) in [6.07, 6.45) is 18.8. The third-order valence-electron chi connectivity index (χ3n) is 4.47. The summed E-state index contributed by atoms with van der Waals surface area (Å²) in [5.41, 5.74) is 1.04. The molecule has 0 aromatic heterocycles. The predicted octanol–water partition coefficient (Wildman–Crippen LogP) is 6.41. The van der Waals surface area contributed by atoms with Crippen LogP contribution >= 0.6 is 11.8 Å². The average Bonchev–Trinajstić information content (AvgIpc) is 2.53. The molecule has 0 aromatic rings. The van der Waals surface area contributed by atoms with E-state index in [4.69, 9.17) is 5.21 Å². The van der Waals surface area contributed by atoms with E-state index in [2.05, 4.69) is 12.1 Å². The van der Waals surface area contributed by atoms with E-state index >= 15 is 0 Å². The predicted molar refractivity (Wildman–Crippen MR) is 95.8 cm³/mol. The van der Waals surface area contributed by atoms with Gasteiger partial charge in [0.15, 0.2) is 0 Å². The van der Waals surface area contributed by atoms with Gasteiger partial charge in [-0.3, -0.25) is 0 Å². The van der Waals surface area contributed by atoms with Gasteiger partial charge in [-0.25, -0.2) is 0 Å². The molecule has 3 heteroatoms. The molecule has 0 aliphatic heterocycles. The van der Waals surface area contributed by atoms with Gasteiger partial charge in [-0.1, -0.05) is 76.3 Å². The van der Waals surface area contributed by atoms with Gasteiger partial charge in [-0.15, -0.1) is 0 Å². The van der Waals surface area contributed by atoms with E-state index in [1.165, 1.54) is 89.2 Å². The van der Waals surface area contributed by atoms with E-state index in [-0.39, 0.29) is 0 Å². The second kappa shape index (κ2) is 13.5. The smallest absolute Gasteiger partial charge is 0.0700 e. The van der Waals surface area contributed by atoms with Crippen LogP contribution in [0.3, 0.4) is 0 Å². The molecule has 1 atom stereocenters. The number of nitrogens with zero attached hydrogens (tertiary/aromatic N) is 1. The molecule has 1 rings (SSSR count). The Morgan fingerprint density at radius 2 is 1.57 bits per heavy atom. The maximum atomic E-state index is 9.01. The minimum absolute atomic E-state index is 0.502. The standard InChI is InChI=1S/C18H35NOS/c1-2-3-4-5-6-7-8-9-10-13-16-21-18-15-12-11-14-17(18)19-20/h18,20H,2-16H2,1H3/b19-17+. The Morgan fingerprint density at radius 3 is 2.19 bits per heavy atom. The van der Waals surface area contributed by atoms with Crippen molar-refractivity contribution in [1.29, 1.82) is 0 Å². The van der Waals surface area contributed by atoms with Gasteiger partial charge in [0.05, 0.1) is 5.71 Å². The highest BCUT2D eigenvalue weighted by atomic mass is 32.2. The van der Waals surface area contributed by atoms with Crippen molar-refractivity contribution >= 4 is 17.5 Å². The molecule has 1 fully saturated rings. The fourth-order valence-corrected chi connectivity index (χ4v) is 4.42. The molecule has 0 bridgehead atoms. The summed E-state index contributed by atoms with van der Waals surface area (Å²) in [7, 11) is 0. The van der Waals surface area contributed by atoms with Crippen LogP contribution in [0.15, 0.2) is 5.16 Å². The SMILES string of the molecule is CCCCCCCCCCCCSC1CCCC/C1=N\O. The fraction of sp³-hybridized carbons (Fsp3) is 0.944. The summed E-state index contributed by atoms with van der Waals surface area (Å²) >= 11 is 2.02. The Labute approximate surface area is 136 Å². The van der Waals surface area contributed by atoms with Gasteiger partial charge >= 0.3 is 0 Å². The molecule has 0 spiro atoms. The molecule has 0 radical (unpaired) electrons. The first kappa shape index (κ1) is 18.9. The molecular weight excluding hydrogens is 278 g/mol. The average molecular weight is 314 g/mol. The zero-order chi connectivity index (χ0) is 15.2. The second-order valence-electron chi connectivity index (χ2n) is 6.38. The summed E-state index contributed by atoms with van der Waals surface area (Å²) in [6, 6.07) is 0. The second-order valence-corrected chi connectivity index (χ2v) is 7.69. The van der Waals surface area contributed by atoms with Crippen LogP contribution < -0.4 is 0 Å². The summed E-state index contributed by atoms with van der Waals surface area (Å²) in [5, 5.41) is 13.0. The molecule has 2 nitrogen and oxygen atoms in total. The van der Waals surface area contributed by atoms with Gasteiger partial charge in [-0.05, 0) is 31.4 Å². The summed E-state index contributed by atoms with van der Waals surface area (Å²) in [4.78, 5) is 0. The first-order valence-corrected chi connectivity index (χ1v) is 10.3. The highest BCUT2D eigenvalue weighted by Gasteiger charge is 2.20. The molecule has 1 unspecified atom stereocenters. The molecular formula is C18H35NOS. The van der Waals surface area contributed by atoms with E-state index in [0.29, 0.717) is 5.25 Å². The molecule has 1 saturated carbocycles. The molecule has 1 aliphatic carbocycles. The van der Waals surface area contributed by atoms with Crippen molar-refractivity contribution in [2.45, 2.75) is 102 Å². The van der Waals surface area contributed by atoms with Gasteiger partial charge in [0.1, 0.15) is 0 Å². The maximum Gasteiger partial charge on any atom is 0.0700 e. The molecule has 124 valence electrons. The largest absolute Gasteiger partial charge is 0.411 e. The van der Waals surface area contributed by atoms with Crippen molar-refractivity contribution in [1.82, 2.24) is 0 Å². The van der Waals surface area contributed by atoms with Gasteiger partial charge in [0.2, 0.25) is 0 Å². The minimum Gasteiger partial charge on any atom is -0.411 e. The minimum atomic E-state index is 0.502. The first-order chi connectivity index (χ1) is 10.4. The highest BCUT2D eigenvalue weighted by molar-refractivity contribution is 8.00. The van der Waals surface area contributed by atoms with Crippen LogP contribution in [0, 0.1) is 0 Å². The van der Waals surface area contributed by atoms with Crippen molar-refractivity contribution in [3.8, 4) is 0 Å². The number of hydrogen-bond acceptors (Lipinski definition) is 3. The first-order valence-electron chi connectivity index (χ1n) is 9.21. The number of rotatable bonds is 12. The van der Waals surface area contributed by atoms with Crippen LogP contribution in [0.5, 0.6) is 0 Å². The van der Waals surface area contributed by atoms with Crippen LogP contribution in [-0.2, 0) is 0 Å². The van der Waals surface area contributed by atoms with Crippen molar-refractivity contribution in [3.05, 3.63) is 0 Å². The monoisotopic (exact) mass is 313 g/mol. The Morgan fingerprint density at radius 1 is 0.952 bits per heavy atom. The van der Waals surface area contributed by atoms with E-state index < -0.39 is 0 Å². The molecule has 0 amide bonds. The summed E-state index contributed by atoms with van der Waals surface area (Å²) in [6.45, 7) is 2.28. The third-order valence-corrected chi connectivity index (χ3v) is 5.90. The molecule has 1 N–H and O–H groups in total. The fourth-order valence-electron chi connectivity index (χ4n) is 3.07. The van der Waals surface area contributed by atoms with Gasteiger partial charge in [-0.2, -0.15) is 11.8 Å². The van der Waals surface area contributed by atoms with E-state index in [9.17, 15) is 0 Å². The molecule has 1 aliphatic rings. The van der Waals surface area contributed by atoms with E-state index in [1.807, 2.05) is 11.8 Å². The zero-order valence-electron chi connectivity index (χ0n) is 14.0. The van der Waals surface area contributed by atoms with E-state index in [0.717, 1.165) is 12.1 Å². The summed E-state index contributed by atoms with van der Waals surface area (Å²) < 4.78 is 0. The van der Waals surface area contributed by atoms with Crippen molar-refractivity contribution in [2.24, 2.45) is 5.16 Å². The Hall–Kier alpha value is -0.180. The lowest BCUT2D eigenvalue weighted by Gasteiger charge is -2.22. The zero-order valence-corrected chi connectivity index (χ0v) is 14.8. The molecule has 0 heterocycles. The van der Waals surface area contributed by atoms with E-state index in [1.54, 1.807) is 0 Å². The van der Waals surface area contributed by atoms with Crippen molar-refractivity contribution in [3.63, 3.8) is 0 Å². The maximum absolute atomic E-state index is 9.01. The Balaban J connectivity index is 1.86. The number of hydrogen-bond donors (Lipinski definition) is 1. The molecule has 0 aromatic carbocycles. The van der Waals surface area contributed by atoms with Gasteiger partial charge in [0, 0.05) is 5.25 Å². The Bertz CT molecular complexity index is 268. The number of unbranched alkanes of at least 4 members (excludes halogenated alkanes) is 9. The van der Waals surface area contributed by atoms with Crippen LogP contribution in [0.25, 0.3) is 0 Å².